The number of methoxy groups -OCH3 is 1. The number of ketones is 1. The number of nitrogens with zero attached hydrogens (tertiary/aromatic N) is 4. The van der Waals surface area contributed by atoms with Gasteiger partial charge in [-0.05, 0) is 35.0 Å². The van der Waals surface area contributed by atoms with Gasteiger partial charge in [0.15, 0.2) is 5.76 Å². The van der Waals surface area contributed by atoms with Gasteiger partial charge in [-0.2, -0.15) is 4.68 Å². The molecule has 0 radical (unpaired) electrons. The number of rotatable bonds is 4. The van der Waals surface area contributed by atoms with Crippen LogP contribution in [0.25, 0.3) is 0 Å². The summed E-state index contributed by atoms with van der Waals surface area (Å²) in [5.74, 6) is -0.824. The highest BCUT2D eigenvalue weighted by atomic mass is 16.5. The Hall–Kier alpha value is -3.75. The lowest BCUT2D eigenvalue weighted by Gasteiger charge is -2.27. The molecule has 9 nitrogen and oxygen atoms in total. The van der Waals surface area contributed by atoms with E-state index in [-0.39, 0.29) is 23.0 Å². The van der Waals surface area contributed by atoms with Crippen molar-refractivity contribution in [2.75, 3.05) is 12.4 Å². The number of aromatic nitrogens is 4. The fourth-order valence-electron chi connectivity index (χ4n) is 2.99. The summed E-state index contributed by atoms with van der Waals surface area (Å²) in [6.07, 6.45) is 1.39. The Morgan fingerprint density at radius 2 is 2.00 bits per heavy atom. The summed E-state index contributed by atoms with van der Waals surface area (Å²) in [7, 11) is 1.24. The Kier molecular flexibility index (Phi) is 4.03. The first kappa shape index (κ1) is 16.7. The zero-order valence-electron chi connectivity index (χ0n) is 14.5. The molecule has 3 aromatic rings. The molecule has 0 spiro atoms. The maximum Gasteiger partial charge on any atom is 0.355 e. The van der Waals surface area contributed by atoms with E-state index in [2.05, 4.69) is 20.8 Å². The number of anilines is 1. The van der Waals surface area contributed by atoms with E-state index in [9.17, 15) is 9.59 Å². The Bertz CT molecular complexity index is 1030. The van der Waals surface area contributed by atoms with Gasteiger partial charge in [-0.15, -0.1) is 0 Å². The predicted octanol–water partition coefficient (Wildman–Crippen LogP) is 1.90. The molecule has 3 heterocycles. The first-order valence-corrected chi connectivity index (χ1v) is 8.12. The van der Waals surface area contributed by atoms with Crippen molar-refractivity contribution < 1.29 is 18.7 Å². The summed E-state index contributed by atoms with van der Waals surface area (Å²) in [5, 5.41) is 14.3. The van der Waals surface area contributed by atoms with Crippen LogP contribution in [0.5, 0.6) is 0 Å². The number of hydrogen-bond acceptors (Lipinski definition) is 8. The van der Waals surface area contributed by atoms with Crippen molar-refractivity contribution in [3.63, 3.8) is 0 Å². The number of carbonyl (C=O) groups excluding carboxylic acids is 2. The van der Waals surface area contributed by atoms with E-state index in [4.69, 9.17) is 9.15 Å². The third-order valence-corrected chi connectivity index (χ3v) is 4.29. The van der Waals surface area contributed by atoms with E-state index in [1.165, 1.54) is 24.1 Å². The maximum atomic E-state index is 13.2. The molecule has 136 valence electrons. The number of hydrogen-bond donors (Lipinski definition) is 1. The summed E-state index contributed by atoms with van der Waals surface area (Å²) in [6, 6.07) is 9.96. The molecular weight excluding hydrogens is 350 g/mol. The van der Waals surface area contributed by atoms with Crippen molar-refractivity contribution in [2.45, 2.75) is 13.0 Å². The molecule has 27 heavy (non-hydrogen) atoms. The lowest BCUT2D eigenvalue weighted by molar-refractivity contribution is -0.136. The number of tetrazole rings is 1. The minimum Gasteiger partial charge on any atom is -0.464 e. The molecule has 0 amide bonds. The van der Waals surface area contributed by atoms with Gasteiger partial charge in [0, 0.05) is 0 Å². The molecule has 9 heteroatoms. The predicted molar refractivity (Wildman–Crippen MR) is 92.8 cm³/mol. The third-order valence-electron chi connectivity index (χ3n) is 4.29. The Morgan fingerprint density at radius 1 is 1.22 bits per heavy atom. The molecule has 0 saturated carbocycles. The fourth-order valence-corrected chi connectivity index (χ4v) is 2.99. The second kappa shape index (κ2) is 6.52. The van der Waals surface area contributed by atoms with E-state index in [1.54, 1.807) is 6.07 Å². The molecular formula is C18H15N5O4. The van der Waals surface area contributed by atoms with Crippen LogP contribution in [0.1, 0.15) is 27.7 Å². The number of ether oxygens (including phenoxy) is 1. The smallest absolute Gasteiger partial charge is 0.355 e. The lowest BCUT2D eigenvalue weighted by atomic mass is 9.91. The molecule has 0 aliphatic carbocycles. The van der Waals surface area contributed by atoms with Crippen LogP contribution < -0.4 is 5.32 Å². The Morgan fingerprint density at radius 3 is 2.67 bits per heavy atom. The third kappa shape index (κ3) is 2.78. The number of carbonyl (C=O) groups is 2. The molecule has 1 aliphatic heterocycles. The van der Waals surface area contributed by atoms with E-state index in [0.717, 1.165) is 11.1 Å². The number of furan rings is 1. The zero-order valence-corrected chi connectivity index (χ0v) is 14.5. The van der Waals surface area contributed by atoms with Gasteiger partial charge in [-0.3, -0.25) is 4.79 Å². The minimum absolute atomic E-state index is 0.0215. The van der Waals surface area contributed by atoms with E-state index >= 15 is 0 Å². The number of nitrogens with one attached hydrogen (secondary N) is 1. The first-order valence-electron chi connectivity index (χ1n) is 8.12. The van der Waals surface area contributed by atoms with E-state index in [1.807, 2.05) is 31.2 Å². The number of esters is 1. The molecule has 1 atom stereocenters. The van der Waals surface area contributed by atoms with Crippen molar-refractivity contribution in [2.24, 2.45) is 0 Å². The fraction of sp³-hybridized carbons (Fsp3) is 0.167. The van der Waals surface area contributed by atoms with Gasteiger partial charge in [0.25, 0.3) is 0 Å². The van der Waals surface area contributed by atoms with Crippen molar-refractivity contribution in [3.05, 3.63) is 70.8 Å². The van der Waals surface area contributed by atoms with Crippen LogP contribution in [-0.4, -0.2) is 39.1 Å². The van der Waals surface area contributed by atoms with Crippen molar-refractivity contribution in [1.82, 2.24) is 20.2 Å². The highest BCUT2D eigenvalue weighted by Gasteiger charge is 2.39. The van der Waals surface area contributed by atoms with Crippen LogP contribution in [0.4, 0.5) is 5.95 Å². The van der Waals surface area contributed by atoms with Gasteiger partial charge in [-0.25, -0.2) is 4.79 Å². The van der Waals surface area contributed by atoms with Crippen LogP contribution in [0.3, 0.4) is 0 Å². The summed E-state index contributed by atoms with van der Waals surface area (Å²) < 4.78 is 11.6. The van der Waals surface area contributed by atoms with Crippen LogP contribution in [-0.2, 0) is 9.53 Å². The molecule has 1 aliphatic rings. The number of benzene rings is 1. The topological polar surface area (TPSA) is 112 Å². The van der Waals surface area contributed by atoms with Gasteiger partial charge in [0.1, 0.15) is 11.7 Å². The second-order valence-corrected chi connectivity index (χ2v) is 5.97. The molecule has 0 fully saturated rings. The molecule has 0 bridgehead atoms. The van der Waals surface area contributed by atoms with Gasteiger partial charge in [0.2, 0.25) is 11.7 Å². The SMILES string of the molecule is COC(=O)C1=C(C(=O)c2ccco2)[C@@H](c2ccc(C)cc2)n2nnnc2N1. The molecule has 0 unspecified atom stereocenters. The van der Waals surface area contributed by atoms with Crippen LogP contribution in [0.2, 0.25) is 0 Å². The summed E-state index contributed by atoms with van der Waals surface area (Å²) in [5.41, 5.74) is 1.92. The maximum absolute atomic E-state index is 13.2. The minimum atomic E-state index is -0.719. The molecule has 1 aromatic carbocycles. The number of allylic oxidation sites excluding steroid dienone is 1. The monoisotopic (exact) mass is 365 g/mol. The summed E-state index contributed by atoms with van der Waals surface area (Å²) in [6.45, 7) is 1.96. The van der Waals surface area contributed by atoms with Gasteiger partial charge in [0.05, 0.1) is 18.9 Å². The largest absolute Gasteiger partial charge is 0.464 e. The highest BCUT2D eigenvalue weighted by Crippen LogP contribution is 2.36. The quantitative estimate of drug-likeness (QED) is 0.551. The van der Waals surface area contributed by atoms with Crippen molar-refractivity contribution in [3.8, 4) is 0 Å². The highest BCUT2D eigenvalue weighted by molar-refractivity contribution is 6.13. The van der Waals surface area contributed by atoms with Gasteiger partial charge in [-0.1, -0.05) is 34.9 Å². The molecule has 2 aromatic heterocycles. The summed E-state index contributed by atoms with van der Waals surface area (Å²) in [4.78, 5) is 25.6. The van der Waals surface area contributed by atoms with Crippen molar-refractivity contribution in [1.29, 1.82) is 0 Å². The zero-order chi connectivity index (χ0) is 19.0. The average Bonchev–Trinajstić information content (AvgIpc) is 3.37. The van der Waals surface area contributed by atoms with Gasteiger partial charge < -0.3 is 14.5 Å². The summed E-state index contributed by atoms with van der Waals surface area (Å²) >= 11 is 0. The molecule has 4 rings (SSSR count). The molecule has 1 N–H and O–H groups in total. The average molecular weight is 365 g/mol. The van der Waals surface area contributed by atoms with Crippen LogP contribution >= 0.6 is 0 Å². The second-order valence-electron chi connectivity index (χ2n) is 5.97. The standard InChI is InChI=1S/C18H15N5O4/c1-10-5-7-11(8-6-10)15-13(16(24)12-4-3-9-27-12)14(17(25)26-2)19-18-20-21-22-23(15)18/h3-9,15H,1-2H3,(H,19,20,22)/t15-/m1/s1. The van der Waals surface area contributed by atoms with Crippen LogP contribution in [0.15, 0.2) is 58.3 Å². The normalized spacial score (nSPS) is 15.9. The lowest BCUT2D eigenvalue weighted by Crippen LogP contribution is -2.32. The van der Waals surface area contributed by atoms with Crippen molar-refractivity contribution >= 4 is 17.7 Å². The number of fused-ring (bicyclic) bond motifs is 1. The van der Waals surface area contributed by atoms with E-state index < -0.39 is 17.8 Å². The molecule has 0 saturated heterocycles. The Labute approximate surface area is 153 Å². The van der Waals surface area contributed by atoms with E-state index in [0.29, 0.717) is 0 Å². The van der Waals surface area contributed by atoms with Gasteiger partial charge >= 0.3 is 5.97 Å². The Balaban J connectivity index is 1.95. The van der Waals surface area contributed by atoms with Crippen LogP contribution in [0, 0.1) is 6.92 Å². The first-order chi connectivity index (χ1) is 13.1. The number of aryl methyl sites for hydroxylation is 1. The number of Topliss-reactive ketones (excluding diaryl/α,β-unsaturated/α-hetero) is 1.